The summed E-state index contributed by atoms with van der Waals surface area (Å²) in [6.45, 7) is 1.74. The van der Waals surface area contributed by atoms with E-state index in [4.69, 9.17) is 0 Å². The number of urea groups is 1. The molecule has 2 heterocycles. The summed E-state index contributed by atoms with van der Waals surface area (Å²) in [5.41, 5.74) is 1.73. The number of nitrogens with one attached hydrogen (secondary N) is 2. The number of benzene rings is 1. The van der Waals surface area contributed by atoms with Crippen LogP contribution in [0.2, 0.25) is 0 Å². The lowest BCUT2D eigenvalue weighted by atomic mass is 10.2. The lowest BCUT2D eigenvalue weighted by Gasteiger charge is -2.10. The zero-order valence-corrected chi connectivity index (χ0v) is 15.4. The van der Waals surface area contributed by atoms with Crippen molar-refractivity contribution in [1.82, 2.24) is 19.7 Å². The molecule has 1 aliphatic carbocycles. The first-order valence-electron chi connectivity index (χ1n) is 8.93. The van der Waals surface area contributed by atoms with Crippen LogP contribution in [0, 0.1) is 6.92 Å². The topological polar surface area (TPSA) is 84.7 Å². The van der Waals surface area contributed by atoms with E-state index in [1.807, 2.05) is 0 Å². The third-order valence-electron chi connectivity index (χ3n) is 4.55. The van der Waals surface area contributed by atoms with Crippen LogP contribution in [0.5, 0.6) is 0 Å². The Hall–Kier alpha value is -3.43. The van der Waals surface area contributed by atoms with Crippen molar-refractivity contribution in [2.45, 2.75) is 31.9 Å². The quantitative estimate of drug-likeness (QED) is 0.672. The average molecular weight is 402 g/mol. The molecule has 1 fully saturated rings. The van der Waals surface area contributed by atoms with E-state index in [0.29, 0.717) is 28.5 Å². The molecule has 0 bridgehead atoms. The van der Waals surface area contributed by atoms with Gasteiger partial charge >= 0.3 is 12.2 Å². The first kappa shape index (κ1) is 18.9. The predicted molar refractivity (Wildman–Crippen MR) is 100.0 cm³/mol. The molecule has 29 heavy (non-hydrogen) atoms. The summed E-state index contributed by atoms with van der Waals surface area (Å²) in [5.74, 6) is 0.0958. The molecule has 1 saturated carbocycles. The van der Waals surface area contributed by atoms with Crippen LogP contribution < -0.4 is 10.6 Å². The fourth-order valence-corrected chi connectivity index (χ4v) is 2.89. The van der Waals surface area contributed by atoms with Gasteiger partial charge in [0.25, 0.3) is 0 Å². The third-order valence-corrected chi connectivity index (χ3v) is 4.55. The van der Waals surface area contributed by atoms with Crippen molar-refractivity contribution in [1.29, 1.82) is 0 Å². The highest BCUT2D eigenvalue weighted by Crippen LogP contribution is 2.43. The van der Waals surface area contributed by atoms with Gasteiger partial charge in [-0.15, -0.1) is 0 Å². The van der Waals surface area contributed by atoms with Crippen LogP contribution in [0.15, 0.2) is 42.9 Å². The number of amides is 2. The van der Waals surface area contributed by atoms with E-state index in [9.17, 15) is 18.0 Å². The van der Waals surface area contributed by atoms with Crippen molar-refractivity contribution in [2.24, 2.45) is 0 Å². The van der Waals surface area contributed by atoms with Gasteiger partial charge in [0.05, 0.1) is 23.3 Å². The second-order valence-corrected chi connectivity index (χ2v) is 6.79. The molecule has 1 aliphatic rings. The minimum absolute atomic E-state index is 0.0958. The van der Waals surface area contributed by atoms with E-state index < -0.39 is 17.9 Å². The summed E-state index contributed by atoms with van der Waals surface area (Å²) in [6.07, 6.45) is 0.0808. The second-order valence-electron chi connectivity index (χ2n) is 6.79. The minimum Gasteiger partial charge on any atom is -0.308 e. The van der Waals surface area contributed by atoms with Gasteiger partial charge in [-0.1, -0.05) is 0 Å². The van der Waals surface area contributed by atoms with Crippen molar-refractivity contribution in [3.63, 3.8) is 0 Å². The van der Waals surface area contributed by atoms with Crippen LogP contribution in [-0.2, 0) is 6.18 Å². The number of halogens is 3. The molecule has 0 saturated heterocycles. The van der Waals surface area contributed by atoms with Gasteiger partial charge in [-0.3, -0.25) is 0 Å². The Kier molecular flexibility index (Phi) is 4.69. The minimum atomic E-state index is -4.49. The van der Waals surface area contributed by atoms with E-state index in [1.165, 1.54) is 17.2 Å². The van der Waals surface area contributed by atoms with Gasteiger partial charge < -0.3 is 10.6 Å². The van der Waals surface area contributed by atoms with Gasteiger partial charge in [-0.25, -0.2) is 19.4 Å². The fraction of sp³-hybridized carbons (Fsp3) is 0.263. The summed E-state index contributed by atoms with van der Waals surface area (Å²) in [7, 11) is 0. The Balaban J connectivity index is 1.50. The highest BCUT2D eigenvalue weighted by molar-refractivity contribution is 5.99. The zero-order chi connectivity index (χ0) is 20.6. The zero-order valence-electron chi connectivity index (χ0n) is 15.4. The van der Waals surface area contributed by atoms with Gasteiger partial charge in [0.15, 0.2) is 5.69 Å². The number of nitrogens with zero attached hydrogens (tertiary/aromatic N) is 4. The SMILES string of the molecule is Cc1ncncc1NC(=O)Nc1ccc(-n2nc(C(F)(F)F)cc2C2CC2)cc1. The van der Waals surface area contributed by atoms with E-state index in [0.717, 1.165) is 18.9 Å². The molecule has 3 aromatic rings. The summed E-state index contributed by atoms with van der Waals surface area (Å²) in [5, 5.41) is 9.05. The van der Waals surface area contributed by atoms with Crippen LogP contribution in [-0.4, -0.2) is 25.8 Å². The van der Waals surface area contributed by atoms with Gasteiger partial charge in [0, 0.05) is 17.3 Å². The fourth-order valence-electron chi connectivity index (χ4n) is 2.89. The van der Waals surface area contributed by atoms with Crippen molar-refractivity contribution in [2.75, 3.05) is 10.6 Å². The van der Waals surface area contributed by atoms with Crippen LogP contribution in [0.1, 0.15) is 35.8 Å². The summed E-state index contributed by atoms with van der Waals surface area (Å²) >= 11 is 0. The Labute approximate surface area is 164 Å². The van der Waals surface area contributed by atoms with Crippen LogP contribution >= 0.6 is 0 Å². The first-order chi connectivity index (χ1) is 13.8. The molecule has 0 atom stereocenters. The Bertz CT molecular complexity index is 1040. The molecule has 7 nitrogen and oxygen atoms in total. The van der Waals surface area contributed by atoms with Crippen molar-refractivity contribution >= 4 is 17.4 Å². The number of carbonyl (C=O) groups is 1. The molecule has 2 aromatic heterocycles. The second kappa shape index (κ2) is 7.19. The molecule has 10 heteroatoms. The van der Waals surface area contributed by atoms with Crippen molar-refractivity contribution in [3.8, 4) is 5.69 Å². The summed E-state index contributed by atoms with van der Waals surface area (Å²) in [6, 6.07) is 7.08. The molecular formula is C19H17F3N6O. The van der Waals surface area contributed by atoms with E-state index in [-0.39, 0.29) is 5.92 Å². The number of carbonyl (C=O) groups excluding carboxylic acids is 1. The highest BCUT2D eigenvalue weighted by Gasteiger charge is 2.38. The monoisotopic (exact) mass is 402 g/mol. The van der Waals surface area contributed by atoms with Gasteiger partial charge in [-0.2, -0.15) is 18.3 Å². The molecule has 1 aromatic carbocycles. The first-order valence-corrected chi connectivity index (χ1v) is 8.93. The number of alkyl halides is 3. The molecule has 0 spiro atoms. The Morgan fingerprint density at radius 2 is 1.90 bits per heavy atom. The van der Waals surface area contributed by atoms with Crippen LogP contribution in [0.4, 0.5) is 29.3 Å². The Morgan fingerprint density at radius 1 is 1.17 bits per heavy atom. The van der Waals surface area contributed by atoms with Gasteiger partial charge in [0.1, 0.15) is 6.33 Å². The molecule has 0 unspecified atom stereocenters. The average Bonchev–Trinajstić information content (AvgIpc) is 3.41. The molecule has 0 radical (unpaired) electrons. The standard InChI is InChI=1S/C19H17F3N6O/c1-11-15(9-23-10-24-11)26-18(29)25-13-4-6-14(7-5-13)28-16(12-2-3-12)8-17(27-28)19(20,21)22/h4-10,12H,2-3H2,1H3,(H2,25,26,29). The number of hydrogen-bond acceptors (Lipinski definition) is 4. The number of aromatic nitrogens is 4. The number of hydrogen-bond donors (Lipinski definition) is 2. The maximum absolute atomic E-state index is 13.1. The largest absolute Gasteiger partial charge is 0.435 e. The number of anilines is 2. The third kappa shape index (κ3) is 4.20. The summed E-state index contributed by atoms with van der Waals surface area (Å²) < 4.78 is 40.5. The Morgan fingerprint density at radius 3 is 2.52 bits per heavy atom. The normalized spacial score (nSPS) is 13.9. The van der Waals surface area contributed by atoms with E-state index in [1.54, 1.807) is 31.2 Å². The maximum Gasteiger partial charge on any atom is 0.435 e. The van der Waals surface area contributed by atoms with Gasteiger partial charge in [0.2, 0.25) is 0 Å². The van der Waals surface area contributed by atoms with Crippen LogP contribution in [0.3, 0.4) is 0 Å². The highest BCUT2D eigenvalue weighted by atomic mass is 19.4. The van der Waals surface area contributed by atoms with Crippen LogP contribution in [0.25, 0.3) is 5.69 Å². The van der Waals surface area contributed by atoms with E-state index >= 15 is 0 Å². The molecule has 2 amide bonds. The molecule has 150 valence electrons. The molecule has 0 aliphatic heterocycles. The van der Waals surface area contributed by atoms with Crippen molar-refractivity contribution < 1.29 is 18.0 Å². The lowest BCUT2D eigenvalue weighted by Crippen LogP contribution is -2.20. The predicted octanol–water partition coefficient (Wildman–Crippen LogP) is 4.51. The lowest BCUT2D eigenvalue weighted by molar-refractivity contribution is -0.141. The van der Waals surface area contributed by atoms with E-state index in [2.05, 4.69) is 25.7 Å². The van der Waals surface area contributed by atoms with Crippen molar-refractivity contribution in [3.05, 3.63) is 59.9 Å². The maximum atomic E-state index is 13.1. The number of aryl methyl sites for hydroxylation is 1. The smallest absolute Gasteiger partial charge is 0.308 e. The summed E-state index contributed by atoms with van der Waals surface area (Å²) in [4.78, 5) is 20.0. The van der Waals surface area contributed by atoms with Gasteiger partial charge in [-0.05, 0) is 50.1 Å². The molecule has 2 N–H and O–H groups in total. The number of rotatable bonds is 4. The molecule has 4 rings (SSSR count). The molecular weight excluding hydrogens is 385 g/mol.